The normalized spacial score (nSPS) is 23.5. The number of likely N-dealkylation sites (tertiary alicyclic amines) is 1. The van der Waals surface area contributed by atoms with Gasteiger partial charge in [-0.2, -0.15) is 0 Å². The van der Waals surface area contributed by atoms with Crippen molar-refractivity contribution in [2.45, 2.75) is 63.3 Å². The maximum atomic E-state index is 13.4. The highest BCUT2D eigenvalue weighted by molar-refractivity contribution is 8.22. The molecule has 0 bridgehead atoms. The number of carbonyl (C=O) groups excluding carboxylic acids is 2. The zero-order chi connectivity index (χ0) is 28.2. The van der Waals surface area contributed by atoms with Crippen molar-refractivity contribution >= 4 is 41.1 Å². The quantitative estimate of drug-likeness (QED) is 0.171. The highest BCUT2D eigenvalue weighted by atomic mass is 32.2. The fraction of sp³-hybridized carbons (Fsp3) is 0.448. The van der Waals surface area contributed by atoms with Crippen LogP contribution in [0, 0.1) is 16.0 Å². The van der Waals surface area contributed by atoms with Gasteiger partial charge in [0.15, 0.2) is 5.70 Å². The number of benzene rings is 2. The first-order chi connectivity index (χ1) is 19.4. The molecule has 9 nitrogen and oxygen atoms in total. The second kappa shape index (κ2) is 12.8. The summed E-state index contributed by atoms with van der Waals surface area (Å²) in [5.41, 5.74) is 2.10. The van der Waals surface area contributed by atoms with Gasteiger partial charge in [-0.15, -0.1) is 11.8 Å². The minimum Gasteiger partial charge on any atom is -0.456 e. The number of β-lactam (4-membered cyclic amide) rings is 1. The zero-order valence-corrected chi connectivity index (χ0v) is 23.9. The van der Waals surface area contributed by atoms with Gasteiger partial charge in [-0.1, -0.05) is 55.4 Å². The maximum absolute atomic E-state index is 13.4. The van der Waals surface area contributed by atoms with Crippen molar-refractivity contribution in [1.29, 1.82) is 0 Å². The SMILES string of the molecule is CC[C@H](O)[C@@H]1C(=O)N2C(C(=O)OCc3ccc([N+](=O)[O-])cc3)=C(SCC3CCCCN3Cc3ccccc3)S[C@H]12. The van der Waals surface area contributed by atoms with Crippen molar-refractivity contribution in [3.63, 3.8) is 0 Å². The van der Waals surface area contributed by atoms with Gasteiger partial charge in [-0.05, 0) is 49.1 Å². The van der Waals surface area contributed by atoms with Crippen LogP contribution in [-0.4, -0.2) is 61.5 Å². The molecule has 3 aliphatic rings. The van der Waals surface area contributed by atoms with E-state index in [0.717, 1.165) is 42.3 Å². The Bertz CT molecular complexity index is 1270. The number of nitro groups is 1. The Morgan fingerprint density at radius 1 is 1.18 bits per heavy atom. The zero-order valence-electron chi connectivity index (χ0n) is 22.3. The van der Waals surface area contributed by atoms with Gasteiger partial charge in [0, 0.05) is 30.5 Å². The van der Waals surface area contributed by atoms with E-state index in [0.29, 0.717) is 18.0 Å². The van der Waals surface area contributed by atoms with Gasteiger partial charge in [0.05, 0.1) is 21.2 Å². The first kappa shape index (κ1) is 28.7. The number of amides is 1. The molecule has 0 saturated carbocycles. The second-order valence-electron chi connectivity index (χ2n) is 10.3. The Morgan fingerprint density at radius 2 is 1.93 bits per heavy atom. The number of aliphatic hydroxyl groups excluding tert-OH is 1. The summed E-state index contributed by atoms with van der Waals surface area (Å²) in [6.45, 7) is 3.67. The number of hydrogen-bond acceptors (Lipinski definition) is 9. The van der Waals surface area contributed by atoms with Crippen LogP contribution in [0.3, 0.4) is 0 Å². The third-order valence-electron chi connectivity index (χ3n) is 7.67. The molecule has 212 valence electrons. The molecule has 3 aliphatic heterocycles. The van der Waals surface area contributed by atoms with Crippen LogP contribution in [0.15, 0.2) is 64.5 Å². The first-order valence-electron chi connectivity index (χ1n) is 13.6. The largest absolute Gasteiger partial charge is 0.456 e. The molecule has 40 heavy (non-hydrogen) atoms. The molecule has 5 rings (SSSR count). The van der Waals surface area contributed by atoms with E-state index in [1.807, 2.05) is 13.0 Å². The molecule has 0 spiro atoms. The average Bonchev–Trinajstić information content (AvgIpc) is 3.30. The lowest BCUT2D eigenvalue weighted by molar-refractivity contribution is -0.384. The summed E-state index contributed by atoms with van der Waals surface area (Å²) in [7, 11) is 0. The molecule has 1 N–H and O–H groups in total. The lowest BCUT2D eigenvalue weighted by atomic mass is 9.90. The Balaban J connectivity index is 1.30. The topological polar surface area (TPSA) is 113 Å². The van der Waals surface area contributed by atoms with Gasteiger partial charge in [0.25, 0.3) is 5.69 Å². The first-order valence-corrected chi connectivity index (χ1v) is 15.5. The van der Waals surface area contributed by atoms with Gasteiger partial charge in [-0.25, -0.2) is 4.79 Å². The lowest BCUT2D eigenvalue weighted by Crippen LogP contribution is -2.61. The maximum Gasteiger partial charge on any atom is 0.357 e. The van der Waals surface area contributed by atoms with Crippen LogP contribution >= 0.6 is 23.5 Å². The average molecular weight is 584 g/mol. The van der Waals surface area contributed by atoms with E-state index in [1.54, 1.807) is 23.9 Å². The van der Waals surface area contributed by atoms with Gasteiger partial charge in [-0.3, -0.25) is 24.7 Å². The van der Waals surface area contributed by atoms with Gasteiger partial charge in [0.2, 0.25) is 5.91 Å². The summed E-state index contributed by atoms with van der Waals surface area (Å²) in [5, 5.41) is 21.1. The number of aliphatic hydroxyl groups is 1. The molecular formula is C29H33N3O6S2. The van der Waals surface area contributed by atoms with E-state index in [4.69, 9.17) is 4.74 Å². The Hall–Kier alpha value is -2.86. The van der Waals surface area contributed by atoms with Crippen molar-refractivity contribution in [3.05, 3.63) is 85.8 Å². The van der Waals surface area contributed by atoms with Gasteiger partial charge < -0.3 is 9.84 Å². The van der Waals surface area contributed by atoms with Crippen LogP contribution in [0.1, 0.15) is 43.7 Å². The van der Waals surface area contributed by atoms with E-state index < -0.39 is 22.9 Å². The fourth-order valence-electron chi connectivity index (χ4n) is 5.38. The van der Waals surface area contributed by atoms with Crippen molar-refractivity contribution in [2.75, 3.05) is 12.3 Å². The monoisotopic (exact) mass is 583 g/mol. The van der Waals surface area contributed by atoms with Crippen LogP contribution in [0.2, 0.25) is 0 Å². The molecule has 2 fully saturated rings. The summed E-state index contributed by atoms with van der Waals surface area (Å²) < 4.78 is 6.35. The highest BCUT2D eigenvalue weighted by Gasteiger charge is 2.58. The van der Waals surface area contributed by atoms with Crippen LogP contribution in [0.4, 0.5) is 5.69 Å². The fourth-order valence-corrected chi connectivity index (χ4v) is 8.47. The lowest BCUT2D eigenvalue weighted by Gasteiger charge is -2.44. The van der Waals surface area contributed by atoms with E-state index in [2.05, 4.69) is 29.2 Å². The minimum absolute atomic E-state index is 0.0396. The summed E-state index contributed by atoms with van der Waals surface area (Å²) in [6.07, 6.45) is 3.08. The predicted octanol–water partition coefficient (Wildman–Crippen LogP) is 4.90. The number of thioether (sulfide) groups is 2. The number of nitrogens with zero attached hydrogens (tertiary/aromatic N) is 3. The molecule has 11 heteroatoms. The molecule has 0 radical (unpaired) electrons. The highest BCUT2D eigenvalue weighted by Crippen LogP contribution is 2.54. The third-order valence-corrected chi connectivity index (χ3v) is 10.5. The number of ether oxygens (including phenoxy) is 1. The summed E-state index contributed by atoms with van der Waals surface area (Å²) in [4.78, 5) is 40.9. The van der Waals surface area contributed by atoms with Crippen molar-refractivity contribution in [3.8, 4) is 0 Å². The van der Waals surface area contributed by atoms with E-state index in [-0.39, 0.29) is 29.3 Å². The van der Waals surface area contributed by atoms with E-state index >= 15 is 0 Å². The number of nitro benzene ring substituents is 1. The van der Waals surface area contributed by atoms with Crippen molar-refractivity contribution in [2.24, 2.45) is 5.92 Å². The standard InChI is InChI=1S/C29H33N3O6S2/c1-2-23(33)24-26(34)31-25(28(35)38-17-20-11-13-21(14-12-20)32(36)37)29(40-27(24)31)39-18-22-10-6-7-15-30(22)16-19-8-4-3-5-9-19/h3-5,8-9,11-14,22-24,27,33H,2,6-7,10,15-18H2,1H3/t22?,23-,24+,27+/m0/s1. The molecule has 1 amide bonds. The minimum atomic E-state index is -0.761. The summed E-state index contributed by atoms with van der Waals surface area (Å²) in [5.74, 6) is -0.620. The smallest absolute Gasteiger partial charge is 0.357 e. The molecule has 2 saturated heterocycles. The number of esters is 1. The molecule has 2 aromatic carbocycles. The van der Waals surface area contributed by atoms with Crippen LogP contribution < -0.4 is 0 Å². The van der Waals surface area contributed by atoms with E-state index in [1.165, 1.54) is 34.4 Å². The number of rotatable bonds is 11. The molecule has 1 unspecified atom stereocenters. The van der Waals surface area contributed by atoms with Crippen LogP contribution in [0.25, 0.3) is 0 Å². The number of carbonyl (C=O) groups is 2. The van der Waals surface area contributed by atoms with Gasteiger partial charge in [0.1, 0.15) is 12.0 Å². The number of non-ortho nitro benzene ring substituents is 1. The van der Waals surface area contributed by atoms with Crippen LogP contribution in [0.5, 0.6) is 0 Å². The Labute approximate surface area is 242 Å². The number of piperidine rings is 1. The van der Waals surface area contributed by atoms with E-state index in [9.17, 15) is 24.8 Å². The summed E-state index contributed by atoms with van der Waals surface area (Å²) >= 11 is 3.06. The van der Waals surface area contributed by atoms with Crippen molar-refractivity contribution in [1.82, 2.24) is 9.80 Å². The number of hydrogen-bond donors (Lipinski definition) is 1. The molecular weight excluding hydrogens is 550 g/mol. The molecule has 3 heterocycles. The molecule has 2 aromatic rings. The molecule has 4 atom stereocenters. The van der Waals surface area contributed by atoms with Gasteiger partial charge >= 0.3 is 5.97 Å². The van der Waals surface area contributed by atoms with Crippen molar-refractivity contribution < 1.29 is 24.4 Å². The second-order valence-corrected chi connectivity index (χ2v) is 12.7. The third kappa shape index (κ3) is 6.07. The predicted molar refractivity (Wildman–Crippen MR) is 155 cm³/mol. The Kier molecular flexibility index (Phi) is 9.14. The Morgan fingerprint density at radius 3 is 2.62 bits per heavy atom. The molecule has 0 aliphatic carbocycles. The van der Waals surface area contributed by atoms with Crippen LogP contribution in [-0.2, 0) is 27.5 Å². The summed E-state index contributed by atoms with van der Waals surface area (Å²) in [6, 6.07) is 16.6. The number of fused-ring (bicyclic) bond motifs is 1. The molecule has 0 aromatic heterocycles.